The van der Waals surface area contributed by atoms with Gasteiger partial charge >= 0.3 is 0 Å². The standard InChI is InChI=1S/C19H18O5/c1-4-12-10(2)24-19(11-5-6-15(20)16(21)7-11)14-9-18(23-3)17(22)8-13(12)14/h5-9,20-21H,4H2,1-3H3. The summed E-state index contributed by atoms with van der Waals surface area (Å²) in [6.07, 6.45) is 0.721. The minimum Gasteiger partial charge on any atom is -0.504 e. The number of methoxy groups -OCH3 is 1. The Kier molecular flexibility index (Phi) is 3.93. The summed E-state index contributed by atoms with van der Waals surface area (Å²) in [4.78, 5) is 12.2. The number of aromatic hydroxyl groups is 2. The molecule has 0 amide bonds. The largest absolute Gasteiger partial charge is 0.504 e. The van der Waals surface area contributed by atoms with Gasteiger partial charge in [0.15, 0.2) is 17.2 Å². The van der Waals surface area contributed by atoms with E-state index in [0.29, 0.717) is 17.1 Å². The minimum absolute atomic E-state index is 0.190. The van der Waals surface area contributed by atoms with E-state index in [1.165, 1.54) is 19.2 Å². The highest BCUT2D eigenvalue weighted by Crippen LogP contribution is 2.41. The third kappa shape index (κ3) is 2.48. The smallest absolute Gasteiger partial charge is 0.220 e. The summed E-state index contributed by atoms with van der Waals surface area (Å²) in [6.45, 7) is 3.84. The van der Waals surface area contributed by atoms with Crippen LogP contribution in [-0.2, 0) is 6.42 Å². The Morgan fingerprint density at radius 2 is 1.83 bits per heavy atom. The van der Waals surface area contributed by atoms with Crippen molar-refractivity contribution in [3.8, 4) is 39.7 Å². The molecule has 0 spiro atoms. The molecule has 124 valence electrons. The lowest BCUT2D eigenvalue weighted by molar-refractivity contribution is 0.403. The third-order valence-electron chi connectivity index (χ3n) is 4.14. The van der Waals surface area contributed by atoms with Crippen LogP contribution in [0.2, 0.25) is 0 Å². The first-order valence-electron chi connectivity index (χ1n) is 7.63. The van der Waals surface area contributed by atoms with Gasteiger partial charge in [-0.15, -0.1) is 0 Å². The Labute approximate surface area is 139 Å². The Balaban J connectivity index is 2.39. The van der Waals surface area contributed by atoms with E-state index in [4.69, 9.17) is 9.15 Å². The molecule has 1 aromatic rings. The van der Waals surface area contributed by atoms with Crippen molar-refractivity contribution in [1.29, 1.82) is 0 Å². The van der Waals surface area contributed by atoms with Crippen LogP contribution in [0, 0.1) is 6.92 Å². The van der Waals surface area contributed by atoms with Crippen LogP contribution < -0.4 is 10.2 Å². The minimum atomic E-state index is -0.236. The predicted molar refractivity (Wildman–Crippen MR) is 91.0 cm³/mol. The maximum Gasteiger partial charge on any atom is 0.220 e. The van der Waals surface area contributed by atoms with Crippen molar-refractivity contribution in [3.63, 3.8) is 0 Å². The van der Waals surface area contributed by atoms with E-state index in [0.717, 1.165) is 23.1 Å². The lowest BCUT2D eigenvalue weighted by Crippen LogP contribution is -2.08. The monoisotopic (exact) mass is 326 g/mol. The highest BCUT2D eigenvalue weighted by Gasteiger charge is 2.21. The van der Waals surface area contributed by atoms with Crippen molar-refractivity contribution in [1.82, 2.24) is 0 Å². The van der Waals surface area contributed by atoms with Crippen LogP contribution in [0.4, 0.5) is 0 Å². The summed E-state index contributed by atoms with van der Waals surface area (Å²) in [7, 11) is 1.45. The highest BCUT2D eigenvalue weighted by molar-refractivity contribution is 5.84. The maximum absolute atomic E-state index is 12.2. The summed E-state index contributed by atoms with van der Waals surface area (Å²) in [5, 5.41) is 19.3. The summed E-state index contributed by atoms with van der Waals surface area (Å²) in [6, 6.07) is 7.68. The van der Waals surface area contributed by atoms with Crippen LogP contribution >= 0.6 is 0 Å². The zero-order valence-electron chi connectivity index (χ0n) is 13.7. The zero-order valence-corrected chi connectivity index (χ0v) is 13.7. The van der Waals surface area contributed by atoms with Crippen LogP contribution in [0.1, 0.15) is 18.2 Å². The number of hydrogen-bond acceptors (Lipinski definition) is 5. The molecule has 3 rings (SSSR count). The number of rotatable bonds is 3. The molecular formula is C19H18O5. The fourth-order valence-corrected chi connectivity index (χ4v) is 2.93. The van der Waals surface area contributed by atoms with E-state index in [1.807, 2.05) is 13.8 Å². The average molecular weight is 326 g/mol. The van der Waals surface area contributed by atoms with Gasteiger partial charge in [-0.1, -0.05) is 6.92 Å². The number of phenols is 2. The Morgan fingerprint density at radius 3 is 2.46 bits per heavy atom. The SMILES string of the molecule is CCc1c2cc(=O)c(OC)cc-2c(-c2ccc(O)c(O)c2)oc1C. The maximum atomic E-state index is 12.2. The molecule has 0 atom stereocenters. The molecule has 2 N–H and O–H groups in total. The van der Waals surface area contributed by atoms with Gasteiger partial charge < -0.3 is 19.4 Å². The molecule has 0 saturated heterocycles. The van der Waals surface area contributed by atoms with Gasteiger partial charge in [0.05, 0.1) is 7.11 Å². The normalized spacial score (nSPS) is 11.0. The predicted octanol–water partition coefficient (Wildman–Crippen LogP) is 3.70. The fraction of sp³-hybridized carbons (Fsp3) is 0.211. The highest BCUT2D eigenvalue weighted by atomic mass is 16.5. The number of hydrogen-bond donors (Lipinski definition) is 2. The first-order chi connectivity index (χ1) is 11.5. The van der Waals surface area contributed by atoms with E-state index in [1.54, 1.807) is 18.2 Å². The van der Waals surface area contributed by atoms with E-state index in [9.17, 15) is 15.0 Å². The summed E-state index contributed by atoms with van der Waals surface area (Å²) in [5.74, 6) is 1.00. The molecule has 1 heterocycles. The van der Waals surface area contributed by atoms with Gasteiger partial charge in [0, 0.05) is 11.1 Å². The van der Waals surface area contributed by atoms with Gasteiger partial charge in [0.1, 0.15) is 11.5 Å². The van der Waals surface area contributed by atoms with E-state index in [-0.39, 0.29) is 22.7 Å². The van der Waals surface area contributed by atoms with Gasteiger partial charge in [-0.25, -0.2) is 0 Å². The average Bonchev–Trinajstić information content (AvgIpc) is 2.56. The van der Waals surface area contributed by atoms with E-state index < -0.39 is 0 Å². The second-order valence-corrected chi connectivity index (χ2v) is 5.57. The molecule has 1 aromatic carbocycles. The molecule has 5 nitrogen and oxygen atoms in total. The van der Waals surface area contributed by atoms with Crippen LogP contribution in [0.5, 0.6) is 17.2 Å². The van der Waals surface area contributed by atoms with E-state index >= 15 is 0 Å². The number of fused-ring (bicyclic) bond motifs is 1. The van der Waals surface area contributed by atoms with Crippen molar-refractivity contribution < 1.29 is 19.4 Å². The topological polar surface area (TPSA) is 79.9 Å². The lowest BCUT2D eigenvalue weighted by Gasteiger charge is -2.18. The fourth-order valence-electron chi connectivity index (χ4n) is 2.93. The molecule has 5 heteroatoms. The van der Waals surface area contributed by atoms with Crippen molar-refractivity contribution in [2.75, 3.05) is 7.11 Å². The van der Waals surface area contributed by atoms with Crippen LogP contribution in [0.25, 0.3) is 22.5 Å². The van der Waals surface area contributed by atoms with Gasteiger partial charge in [0.2, 0.25) is 5.43 Å². The molecule has 0 saturated carbocycles. The number of benzene rings is 2. The Hall–Kier alpha value is -2.95. The van der Waals surface area contributed by atoms with Crippen molar-refractivity contribution >= 4 is 0 Å². The van der Waals surface area contributed by atoms with Crippen LogP contribution in [0.15, 0.2) is 39.5 Å². The first kappa shape index (κ1) is 15.9. The molecule has 0 fully saturated rings. The van der Waals surface area contributed by atoms with E-state index in [2.05, 4.69) is 0 Å². The molecule has 24 heavy (non-hydrogen) atoms. The molecule has 1 aliphatic heterocycles. The second kappa shape index (κ2) is 5.92. The van der Waals surface area contributed by atoms with Crippen LogP contribution in [0.3, 0.4) is 0 Å². The van der Waals surface area contributed by atoms with Crippen LogP contribution in [-0.4, -0.2) is 17.3 Å². The molecule has 0 aromatic heterocycles. The number of ether oxygens (including phenoxy) is 1. The Morgan fingerprint density at radius 1 is 1.08 bits per heavy atom. The summed E-state index contributed by atoms with van der Waals surface area (Å²) < 4.78 is 11.1. The zero-order chi connectivity index (χ0) is 17.4. The summed E-state index contributed by atoms with van der Waals surface area (Å²) >= 11 is 0. The summed E-state index contributed by atoms with van der Waals surface area (Å²) in [5.41, 5.74) is 2.89. The van der Waals surface area contributed by atoms with Gasteiger partial charge in [-0.3, -0.25) is 4.79 Å². The molecule has 2 aliphatic rings. The van der Waals surface area contributed by atoms with Crippen molar-refractivity contribution in [3.05, 3.63) is 51.9 Å². The quantitative estimate of drug-likeness (QED) is 0.717. The molecule has 0 radical (unpaired) electrons. The van der Waals surface area contributed by atoms with Gasteiger partial charge in [-0.05, 0) is 54.8 Å². The lowest BCUT2D eigenvalue weighted by atomic mass is 9.92. The molecular weight excluding hydrogens is 308 g/mol. The third-order valence-corrected chi connectivity index (χ3v) is 4.14. The molecule has 0 unspecified atom stereocenters. The molecule has 1 aliphatic carbocycles. The van der Waals surface area contributed by atoms with Crippen molar-refractivity contribution in [2.24, 2.45) is 0 Å². The van der Waals surface area contributed by atoms with Gasteiger partial charge in [0.25, 0.3) is 0 Å². The van der Waals surface area contributed by atoms with Crippen molar-refractivity contribution in [2.45, 2.75) is 20.3 Å². The second-order valence-electron chi connectivity index (χ2n) is 5.57. The molecule has 0 bridgehead atoms. The van der Waals surface area contributed by atoms with Gasteiger partial charge in [-0.2, -0.15) is 0 Å². The first-order valence-corrected chi connectivity index (χ1v) is 7.63. The number of phenolic OH excluding ortho intramolecular Hbond substituents is 2. The number of aryl methyl sites for hydroxylation is 1. The Bertz CT molecular complexity index is 939.